The van der Waals surface area contributed by atoms with Gasteiger partial charge in [0.1, 0.15) is 6.10 Å². The van der Waals surface area contributed by atoms with Gasteiger partial charge in [0, 0.05) is 44.1 Å². The van der Waals surface area contributed by atoms with E-state index in [1.54, 1.807) is 6.07 Å². The minimum absolute atomic E-state index is 0.148. The molecule has 2 heterocycles. The molecule has 1 unspecified atom stereocenters. The number of rotatable bonds is 7. The molecule has 9 heteroatoms. The van der Waals surface area contributed by atoms with Crippen LogP contribution in [0.2, 0.25) is 0 Å². The standard InChI is InChI=1S/C32H35F3N4O2/c1-22(40)41-30-7-3-6-29(30)31(21-37,26-4-2-5-27(16-26)32(33,34)35)25-12-14-38(15-13-25)18-24-19-39(20-24)28-10-8-23(17-36)9-11-28/h2,4-5,8-11,16,24-25,29-30H,3,6-7,12-15,18-20H2,1H3/t29-,30-,31?/m0/s1. The summed E-state index contributed by atoms with van der Waals surface area (Å²) >= 11 is 0. The second-order valence-corrected chi connectivity index (χ2v) is 11.7. The van der Waals surface area contributed by atoms with Crippen LogP contribution < -0.4 is 4.90 Å². The Morgan fingerprint density at radius 2 is 1.68 bits per heavy atom. The first kappa shape index (κ1) is 29.0. The molecule has 0 N–H and O–H groups in total. The number of likely N-dealkylation sites (tertiary alicyclic amines) is 1. The topological polar surface area (TPSA) is 80.4 Å². The molecule has 0 bridgehead atoms. The number of ether oxygens (including phenoxy) is 1. The minimum atomic E-state index is -4.51. The fourth-order valence-electron chi connectivity index (χ4n) is 7.32. The molecule has 3 fully saturated rings. The molecule has 0 spiro atoms. The Balaban J connectivity index is 1.30. The van der Waals surface area contributed by atoms with E-state index < -0.39 is 29.2 Å². The van der Waals surface area contributed by atoms with Crippen molar-refractivity contribution in [3.63, 3.8) is 0 Å². The smallest absolute Gasteiger partial charge is 0.416 e. The van der Waals surface area contributed by atoms with Gasteiger partial charge in [-0.1, -0.05) is 18.2 Å². The van der Waals surface area contributed by atoms with E-state index in [9.17, 15) is 23.2 Å². The molecule has 6 nitrogen and oxygen atoms in total. The summed E-state index contributed by atoms with van der Waals surface area (Å²) < 4.78 is 46.9. The highest BCUT2D eigenvalue weighted by molar-refractivity contribution is 5.66. The Hall–Kier alpha value is -3.56. The van der Waals surface area contributed by atoms with Gasteiger partial charge in [-0.25, -0.2) is 0 Å². The van der Waals surface area contributed by atoms with E-state index in [4.69, 9.17) is 10.00 Å². The van der Waals surface area contributed by atoms with E-state index in [0.717, 1.165) is 57.0 Å². The lowest BCUT2D eigenvalue weighted by atomic mass is 9.59. The van der Waals surface area contributed by atoms with Crippen molar-refractivity contribution in [1.82, 2.24) is 4.90 Å². The number of nitriles is 2. The number of piperidine rings is 1. The SMILES string of the molecule is CC(=O)O[C@H]1CCC[C@@H]1C(C#N)(c1cccc(C(F)(F)F)c1)C1CCN(CC2CN(c3ccc(C#N)cc3)C2)CC1. The third-order valence-corrected chi connectivity index (χ3v) is 9.27. The van der Waals surface area contributed by atoms with Gasteiger partial charge >= 0.3 is 12.1 Å². The van der Waals surface area contributed by atoms with Gasteiger partial charge in [-0.3, -0.25) is 4.79 Å². The summed E-state index contributed by atoms with van der Waals surface area (Å²) in [5.41, 5.74) is 0.203. The highest BCUT2D eigenvalue weighted by Gasteiger charge is 2.53. The summed E-state index contributed by atoms with van der Waals surface area (Å²) in [7, 11) is 0. The summed E-state index contributed by atoms with van der Waals surface area (Å²) in [4.78, 5) is 16.6. The molecule has 3 aliphatic rings. The van der Waals surface area contributed by atoms with E-state index in [2.05, 4.69) is 21.9 Å². The Morgan fingerprint density at radius 1 is 1.00 bits per heavy atom. The van der Waals surface area contributed by atoms with E-state index >= 15 is 0 Å². The number of hydrogen-bond acceptors (Lipinski definition) is 6. The summed E-state index contributed by atoms with van der Waals surface area (Å²) in [5, 5.41) is 19.8. The molecule has 2 aromatic rings. The van der Waals surface area contributed by atoms with Crippen LogP contribution in [0.15, 0.2) is 48.5 Å². The zero-order valence-electron chi connectivity index (χ0n) is 23.2. The fraction of sp³-hybridized carbons (Fsp3) is 0.531. The van der Waals surface area contributed by atoms with Crippen molar-refractivity contribution >= 4 is 11.7 Å². The van der Waals surface area contributed by atoms with Crippen LogP contribution in [-0.4, -0.2) is 49.7 Å². The zero-order valence-corrected chi connectivity index (χ0v) is 23.2. The first-order valence-electron chi connectivity index (χ1n) is 14.4. The Bertz CT molecular complexity index is 1320. The maximum Gasteiger partial charge on any atom is 0.416 e. The van der Waals surface area contributed by atoms with Gasteiger partial charge in [0.05, 0.1) is 28.7 Å². The summed E-state index contributed by atoms with van der Waals surface area (Å²) in [6.07, 6.45) is -1.60. The molecule has 2 aromatic carbocycles. The predicted octanol–water partition coefficient (Wildman–Crippen LogP) is 5.92. The van der Waals surface area contributed by atoms with Crippen molar-refractivity contribution in [1.29, 1.82) is 10.5 Å². The van der Waals surface area contributed by atoms with Gasteiger partial charge < -0.3 is 14.5 Å². The molecule has 0 amide bonds. The monoisotopic (exact) mass is 564 g/mol. The van der Waals surface area contributed by atoms with Gasteiger partial charge in [-0.05, 0) is 87.0 Å². The summed E-state index contributed by atoms with van der Waals surface area (Å²) in [6, 6.07) is 17.5. The first-order chi connectivity index (χ1) is 19.6. The number of carbonyl (C=O) groups excluding carboxylic acids is 1. The second kappa shape index (κ2) is 11.7. The van der Waals surface area contributed by atoms with Crippen molar-refractivity contribution in [2.45, 2.75) is 56.7 Å². The molecular formula is C32H35F3N4O2. The predicted molar refractivity (Wildman–Crippen MR) is 148 cm³/mol. The molecule has 0 radical (unpaired) electrons. The highest BCUT2D eigenvalue weighted by atomic mass is 19.4. The molecule has 2 saturated heterocycles. The van der Waals surface area contributed by atoms with Crippen LogP contribution in [0.25, 0.3) is 0 Å². The van der Waals surface area contributed by atoms with Gasteiger partial charge in [0.25, 0.3) is 0 Å². The van der Waals surface area contributed by atoms with Gasteiger partial charge in [-0.15, -0.1) is 0 Å². The number of alkyl halides is 3. The first-order valence-corrected chi connectivity index (χ1v) is 14.4. The van der Waals surface area contributed by atoms with Crippen molar-refractivity contribution in [2.24, 2.45) is 17.8 Å². The minimum Gasteiger partial charge on any atom is -0.462 e. The maximum absolute atomic E-state index is 13.7. The molecular weight excluding hydrogens is 529 g/mol. The number of halogens is 3. The molecule has 3 atom stereocenters. The van der Waals surface area contributed by atoms with E-state index in [-0.39, 0.29) is 11.8 Å². The van der Waals surface area contributed by atoms with Crippen LogP contribution >= 0.6 is 0 Å². The molecule has 0 aromatic heterocycles. The van der Waals surface area contributed by atoms with Crippen molar-refractivity contribution in [3.8, 4) is 12.1 Å². The third-order valence-electron chi connectivity index (χ3n) is 9.27. The Labute approximate surface area is 239 Å². The average Bonchev–Trinajstić information content (AvgIpc) is 3.39. The van der Waals surface area contributed by atoms with Crippen LogP contribution in [0.1, 0.15) is 55.7 Å². The van der Waals surface area contributed by atoms with Crippen LogP contribution in [0.4, 0.5) is 18.9 Å². The summed E-state index contributed by atoms with van der Waals surface area (Å²) in [5.74, 6) is -0.424. The molecule has 216 valence electrons. The molecule has 41 heavy (non-hydrogen) atoms. The Morgan fingerprint density at radius 3 is 2.29 bits per heavy atom. The van der Waals surface area contributed by atoms with Crippen molar-refractivity contribution in [3.05, 3.63) is 65.2 Å². The van der Waals surface area contributed by atoms with Crippen LogP contribution in [0.5, 0.6) is 0 Å². The highest BCUT2D eigenvalue weighted by Crippen LogP contribution is 2.51. The number of anilines is 1. The Kier molecular flexibility index (Phi) is 8.29. The lowest BCUT2D eigenvalue weighted by molar-refractivity contribution is -0.149. The van der Waals surface area contributed by atoms with E-state index in [1.165, 1.54) is 13.0 Å². The fourth-order valence-corrected chi connectivity index (χ4v) is 7.32. The lowest BCUT2D eigenvalue weighted by Gasteiger charge is -2.48. The van der Waals surface area contributed by atoms with E-state index in [1.807, 2.05) is 24.3 Å². The second-order valence-electron chi connectivity index (χ2n) is 11.7. The van der Waals surface area contributed by atoms with Crippen LogP contribution in [0, 0.1) is 40.4 Å². The number of nitrogens with zero attached hydrogens (tertiary/aromatic N) is 4. The maximum atomic E-state index is 13.7. The van der Waals surface area contributed by atoms with Crippen LogP contribution in [-0.2, 0) is 21.1 Å². The molecule has 2 aliphatic heterocycles. The largest absolute Gasteiger partial charge is 0.462 e. The van der Waals surface area contributed by atoms with Gasteiger partial charge in [0.2, 0.25) is 0 Å². The normalized spacial score (nSPS) is 23.7. The third kappa shape index (κ3) is 5.92. The average molecular weight is 565 g/mol. The zero-order chi connectivity index (χ0) is 29.2. The molecule has 1 saturated carbocycles. The van der Waals surface area contributed by atoms with Crippen molar-refractivity contribution < 1.29 is 22.7 Å². The lowest BCUT2D eigenvalue weighted by Crippen LogP contribution is -2.54. The number of benzene rings is 2. The molecule has 5 rings (SSSR count). The number of carbonyl (C=O) groups is 1. The van der Waals surface area contributed by atoms with E-state index in [0.29, 0.717) is 42.7 Å². The van der Waals surface area contributed by atoms with Crippen LogP contribution in [0.3, 0.4) is 0 Å². The van der Waals surface area contributed by atoms with Crippen molar-refractivity contribution in [2.75, 3.05) is 37.6 Å². The summed E-state index contributed by atoms with van der Waals surface area (Å²) in [6.45, 7) is 5.68. The number of esters is 1. The number of hydrogen-bond donors (Lipinski definition) is 0. The molecule has 1 aliphatic carbocycles. The van der Waals surface area contributed by atoms with Gasteiger partial charge in [-0.2, -0.15) is 23.7 Å². The van der Waals surface area contributed by atoms with Gasteiger partial charge in [0.15, 0.2) is 0 Å². The quantitative estimate of drug-likeness (QED) is 0.389.